The summed E-state index contributed by atoms with van der Waals surface area (Å²) in [5, 5.41) is 6.89. The Labute approximate surface area is 238 Å². The van der Waals surface area contributed by atoms with Gasteiger partial charge in [0, 0.05) is 24.4 Å². The topological polar surface area (TPSA) is 131 Å². The number of halogens is 5. The molecule has 10 nitrogen and oxygen atoms in total. The number of nitrogens with zero attached hydrogens (tertiary/aromatic N) is 3. The molecule has 42 heavy (non-hydrogen) atoms. The second-order valence-electron chi connectivity index (χ2n) is 9.34. The summed E-state index contributed by atoms with van der Waals surface area (Å²) >= 11 is 0. The fourth-order valence-corrected chi connectivity index (χ4v) is 5.66. The van der Waals surface area contributed by atoms with Gasteiger partial charge in [-0.2, -0.15) is 0 Å². The van der Waals surface area contributed by atoms with Gasteiger partial charge >= 0.3 is 6.36 Å². The molecule has 0 aliphatic heterocycles. The molecule has 228 valence electrons. The monoisotopic (exact) mass is 618 g/mol. The number of nitrogens with one attached hydrogen (secondary N) is 1. The minimum Gasteiger partial charge on any atom is -0.486 e. The highest BCUT2D eigenvalue weighted by atomic mass is 32.2. The summed E-state index contributed by atoms with van der Waals surface area (Å²) in [6.07, 6.45) is -1.68. The zero-order valence-electron chi connectivity index (χ0n) is 22.3. The van der Waals surface area contributed by atoms with Crippen molar-refractivity contribution in [2.75, 3.05) is 18.8 Å². The second kappa shape index (κ2) is 13.7. The van der Waals surface area contributed by atoms with Gasteiger partial charge < -0.3 is 19.5 Å². The van der Waals surface area contributed by atoms with Crippen molar-refractivity contribution in [3.8, 4) is 11.5 Å². The van der Waals surface area contributed by atoms with Gasteiger partial charge in [-0.05, 0) is 63.0 Å². The number of rotatable bonds is 8. The van der Waals surface area contributed by atoms with Crippen LogP contribution < -0.4 is 14.2 Å². The van der Waals surface area contributed by atoms with Crippen molar-refractivity contribution in [2.45, 2.75) is 48.6 Å². The molecule has 1 aliphatic carbocycles. The highest BCUT2D eigenvalue weighted by Crippen LogP contribution is 2.39. The number of aromatic nitrogens is 2. The van der Waals surface area contributed by atoms with Crippen LogP contribution in [0, 0.1) is 11.6 Å². The summed E-state index contributed by atoms with van der Waals surface area (Å²) in [6.45, 7) is -0.250. The van der Waals surface area contributed by atoms with E-state index in [0.717, 1.165) is 6.33 Å². The molecule has 16 heteroatoms. The summed E-state index contributed by atoms with van der Waals surface area (Å²) in [5.41, 5.74) is 0.657. The van der Waals surface area contributed by atoms with Crippen LogP contribution in [0.25, 0.3) is 0 Å². The molecule has 0 amide bonds. The number of sulfonamides is 1. The maximum absolute atomic E-state index is 15.0. The number of alkyl halides is 3. The Kier molecular flexibility index (Phi) is 10.6. The maximum atomic E-state index is 15.0. The van der Waals surface area contributed by atoms with Crippen molar-refractivity contribution >= 4 is 22.3 Å². The van der Waals surface area contributed by atoms with E-state index >= 15 is 0 Å². The molecule has 3 atom stereocenters. The van der Waals surface area contributed by atoms with E-state index in [9.17, 15) is 30.4 Å². The molecule has 2 aromatic carbocycles. The molecule has 0 bridgehead atoms. The molecule has 1 aliphatic rings. The Balaban J connectivity index is 0.00000155. The number of carboxylic acid groups (broad SMARTS) is 1. The molecule has 4 rings (SSSR count). The number of anilines is 1. The van der Waals surface area contributed by atoms with Gasteiger partial charge in [-0.25, -0.2) is 27.2 Å². The van der Waals surface area contributed by atoms with Gasteiger partial charge in [-0.1, -0.05) is 12.1 Å². The fraction of sp³-hybridized carbons (Fsp3) is 0.346. The van der Waals surface area contributed by atoms with E-state index < -0.39 is 44.8 Å². The number of likely N-dealkylation sites (N-methyl/N-ethyl adjacent to an activating group) is 1. The summed E-state index contributed by atoms with van der Waals surface area (Å²) in [5.74, 6) is -3.31. The second-order valence-corrected chi connectivity index (χ2v) is 11.0. The third-order valence-electron chi connectivity index (χ3n) is 6.36. The molecular formula is C26H27F5N4O6S. The van der Waals surface area contributed by atoms with Crippen molar-refractivity contribution in [2.24, 2.45) is 0 Å². The first kappa shape index (κ1) is 32.5. The van der Waals surface area contributed by atoms with Crippen molar-refractivity contribution in [1.29, 1.82) is 0 Å². The molecule has 1 aromatic heterocycles. The van der Waals surface area contributed by atoms with E-state index in [1.807, 2.05) is 4.90 Å². The largest absolute Gasteiger partial charge is 0.573 e. The van der Waals surface area contributed by atoms with Gasteiger partial charge in [-0.3, -0.25) is 9.52 Å². The molecule has 2 N–H and O–H groups in total. The SMILES string of the molecule is CN(C)[C@H]1C[C@@H](c2cccc(OC(F)(F)F)c2)CC[C@@H]1Oc1cc(F)c(S(=O)(=O)Nc2ccncn2)cc1F.O=CO. The Bertz CT molecular complexity index is 1460. The van der Waals surface area contributed by atoms with Crippen LogP contribution in [0.1, 0.15) is 30.7 Å². The van der Waals surface area contributed by atoms with E-state index in [2.05, 4.69) is 19.4 Å². The first-order valence-corrected chi connectivity index (χ1v) is 13.8. The van der Waals surface area contributed by atoms with E-state index in [-0.39, 0.29) is 30.0 Å². The number of ether oxygens (including phenoxy) is 2. The number of hydrogen-bond acceptors (Lipinski definition) is 8. The summed E-state index contributed by atoms with van der Waals surface area (Å²) in [4.78, 5) is 16.6. The van der Waals surface area contributed by atoms with Gasteiger partial charge in [0.1, 0.15) is 34.7 Å². The predicted molar refractivity (Wildman–Crippen MR) is 139 cm³/mol. The van der Waals surface area contributed by atoms with Crippen LogP contribution in [0.5, 0.6) is 11.5 Å². The van der Waals surface area contributed by atoms with E-state index in [1.165, 1.54) is 30.5 Å². The Hall–Kier alpha value is -4.05. The highest BCUT2D eigenvalue weighted by Gasteiger charge is 2.36. The molecule has 1 heterocycles. The standard InChI is InChI=1S/C25H25F5N4O4S.CH2O2/c1-34(2)20-11-16(15-4-3-5-17(10-15)38-25(28,29)30)6-7-21(20)37-22-12-19(27)23(13-18(22)26)39(35,36)33-24-8-9-31-14-32-24;2-1-3/h3-5,8-10,12-14,16,20-21H,6-7,11H2,1-2H3,(H,31,32,33);1H,(H,2,3)/t16-,20-,21-;/m0./s1. The molecule has 3 aromatic rings. The lowest BCUT2D eigenvalue weighted by atomic mass is 9.79. The van der Waals surface area contributed by atoms with E-state index in [4.69, 9.17) is 14.6 Å². The fourth-order valence-electron chi connectivity index (χ4n) is 4.58. The third-order valence-corrected chi connectivity index (χ3v) is 7.73. The molecule has 0 radical (unpaired) electrons. The normalized spacial score (nSPS) is 18.9. The van der Waals surface area contributed by atoms with Crippen molar-refractivity contribution in [3.05, 3.63) is 72.2 Å². The Morgan fingerprint density at radius 1 is 1.10 bits per heavy atom. The van der Waals surface area contributed by atoms with E-state index in [0.29, 0.717) is 37.0 Å². The van der Waals surface area contributed by atoms with Gasteiger partial charge in [0.25, 0.3) is 16.5 Å². The summed E-state index contributed by atoms with van der Waals surface area (Å²) in [7, 11) is -0.942. The van der Waals surface area contributed by atoms with Crippen LogP contribution in [-0.4, -0.2) is 67.5 Å². The van der Waals surface area contributed by atoms with Crippen LogP contribution in [0.4, 0.5) is 27.8 Å². The lowest BCUT2D eigenvalue weighted by molar-refractivity contribution is -0.274. The molecule has 1 fully saturated rings. The summed E-state index contributed by atoms with van der Waals surface area (Å²) < 4.78 is 105. The number of carbonyl (C=O) groups is 1. The van der Waals surface area contributed by atoms with Crippen LogP contribution in [0.3, 0.4) is 0 Å². The smallest absolute Gasteiger partial charge is 0.486 e. The predicted octanol–water partition coefficient (Wildman–Crippen LogP) is 4.80. The summed E-state index contributed by atoms with van der Waals surface area (Å²) in [6, 6.07) is 7.93. The van der Waals surface area contributed by atoms with Crippen LogP contribution in [-0.2, 0) is 14.8 Å². The molecule has 0 spiro atoms. The average Bonchev–Trinajstić information content (AvgIpc) is 2.90. The number of benzene rings is 2. The Morgan fingerprint density at radius 3 is 2.43 bits per heavy atom. The van der Waals surface area contributed by atoms with Gasteiger partial charge in [0.05, 0.1) is 0 Å². The minimum atomic E-state index is -4.81. The average molecular weight is 619 g/mol. The van der Waals surface area contributed by atoms with Gasteiger partial charge in [-0.15, -0.1) is 13.2 Å². The van der Waals surface area contributed by atoms with E-state index in [1.54, 1.807) is 20.2 Å². The number of hydrogen-bond donors (Lipinski definition) is 2. The first-order chi connectivity index (χ1) is 19.7. The Morgan fingerprint density at radius 2 is 1.81 bits per heavy atom. The maximum Gasteiger partial charge on any atom is 0.573 e. The molecule has 0 saturated heterocycles. The van der Waals surface area contributed by atoms with Crippen LogP contribution >= 0.6 is 0 Å². The first-order valence-electron chi connectivity index (χ1n) is 12.3. The molecule has 0 unspecified atom stereocenters. The molecule has 1 saturated carbocycles. The third kappa shape index (κ3) is 8.72. The van der Waals surface area contributed by atoms with Crippen LogP contribution in [0.2, 0.25) is 0 Å². The van der Waals surface area contributed by atoms with Crippen molar-refractivity contribution in [3.63, 3.8) is 0 Å². The molecular weight excluding hydrogens is 591 g/mol. The van der Waals surface area contributed by atoms with Crippen LogP contribution in [0.15, 0.2) is 59.9 Å². The highest BCUT2D eigenvalue weighted by molar-refractivity contribution is 7.92. The zero-order chi connectivity index (χ0) is 31.1. The van der Waals surface area contributed by atoms with Gasteiger partial charge in [0.2, 0.25) is 0 Å². The van der Waals surface area contributed by atoms with Crippen molar-refractivity contribution < 1.29 is 49.7 Å². The van der Waals surface area contributed by atoms with Gasteiger partial charge in [0.15, 0.2) is 11.6 Å². The minimum absolute atomic E-state index is 0.119. The quantitative estimate of drug-likeness (QED) is 0.270. The zero-order valence-corrected chi connectivity index (χ0v) is 23.1. The van der Waals surface area contributed by atoms with Crippen molar-refractivity contribution in [1.82, 2.24) is 14.9 Å². The lowest BCUT2D eigenvalue weighted by Crippen LogP contribution is -2.46. The lowest BCUT2D eigenvalue weighted by Gasteiger charge is -2.40.